The quantitative estimate of drug-likeness (QED) is 0.817. The molecule has 1 saturated heterocycles. The molecule has 2 aromatic rings. The summed E-state index contributed by atoms with van der Waals surface area (Å²) in [6.45, 7) is 4.37. The number of ether oxygens (including phenoxy) is 1. The molecule has 0 unspecified atom stereocenters. The second-order valence-electron chi connectivity index (χ2n) is 6.58. The highest BCUT2D eigenvalue weighted by atomic mass is 16.5. The van der Waals surface area contributed by atoms with E-state index in [1.54, 1.807) is 0 Å². The topological polar surface area (TPSA) is 62.6 Å². The Hall–Kier alpha value is -1.73. The Morgan fingerprint density at radius 1 is 1.38 bits per heavy atom. The van der Waals surface area contributed by atoms with Gasteiger partial charge >= 0.3 is 0 Å². The van der Waals surface area contributed by atoms with E-state index < -0.39 is 5.60 Å². The standard InChI is InChI=1S/C18H26N4O2/c1-21(14-18(23)13-19-8-10-24-15-18)12-17-20-7-9-22(17)11-16-5-3-2-4-6-16/h2-7,9,19,23H,8,10-15H2,1H3/t18-/m0/s1. The number of hydrogen-bond acceptors (Lipinski definition) is 5. The molecule has 1 aliphatic heterocycles. The highest BCUT2D eigenvalue weighted by Gasteiger charge is 2.30. The lowest BCUT2D eigenvalue weighted by molar-refractivity contribution is -0.0465. The fourth-order valence-corrected chi connectivity index (χ4v) is 3.10. The van der Waals surface area contributed by atoms with E-state index in [-0.39, 0.29) is 0 Å². The van der Waals surface area contributed by atoms with Crippen LogP contribution >= 0.6 is 0 Å². The minimum atomic E-state index is -0.859. The van der Waals surface area contributed by atoms with Gasteiger partial charge in [-0.15, -0.1) is 0 Å². The first-order chi connectivity index (χ1) is 11.6. The van der Waals surface area contributed by atoms with E-state index in [0.717, 1.165) is 18.9 Å². The SMILES string of the molecule is CN(Cc1nccn1Cc1ccccc1)C[C@@]1(O)CNCCOC1. The van der Waals surface area contributed by atoms with E-state index >= 15 is 0 Å². The summed E-state index contributed by atoms with van der Waals surface area (Å²) >= 11 is 0. The third kappa shape index (κ3) is 4.64. The Kier molecular flexibility index (Phi) is 5.63. The Bertz CT molecular complexity index is 621. The van der Waals surface area contributed by atoms with E-state index in [2.05, 4.69) is 31.9 Å². The maximum atomic E-state index is 10.7. The molecule has 1 fully saturated rings. The van der Waals surface area contributed by atoms with Gasteiger partial charge in [-0.1, -0.05) is 30.3 Å². The molecule has 1 aromatic carbocycles. The number of aliphatic hydroxyl groups is 1. The molecule has 0 radical (unpaired) electrons. The van der Waals surface area contributed by atoms with Gasteiger partial charge in [-0.2, -0.15) is 0 Å². The predicted molar refractivity (Wildman–Crippen MR) is 92.7 cm³/mol. The largest absolute Gasteiger partial charge is 0.385 e. The van der Waals surface area contributed by atoms with Crippen molar-refractivity contribution in [3.05, 3.63) is 54.1 Å². The minimum Gasteiger partial charge on any atom is -0.385 e. The predicted octanol–water partition coefficient (Wildman–Crippen LogP) is 0.714. The summed E-state index contributed by atoms with van der Waals surface area (Å²) < 4.78 is 7.64. The van der Waals surface area contributed by atoms with Crippen molar-refractivity contribution in [2.45, 2.75) is 18.7 Å². The minimum absolute atomic E-state index is 0.364. The van der Waals surface area contributed by atoms with Crippen molar-refractivity contribution in [3.63, 3.8) is 0 Å². The average Bonchev–Trinajstić information content (AvgIpc) is 2.86. The molecule has 0 saturated carbocycles. The van der Waals surface area contributed by atoms with Gasteiger partial charge in [-0.3, -0.25) is 4.90 Å². The van der Waals surface area contributed by atoms with Gasteiger partial charge in [0.25, 0.3) is 0 Å². The number of benzene rings is 1. The second kappa shape index (κ2) is 7.90. The van der Waals surface area contributed by atoms with E-state index in [0.29, 0.717) is 32.8 Å². The van der Waals surface area contributed by atoms with Gasteiger partial charge in [0.1, 0.15) is 11.4 Å². The van der Waals surface area contributed by atoms with Gasteiger partial charge in [0.05, 0.1) is 19.8 Å². The molecule has 1 aliphatic rings. The van der Waals surface area contributed by atoms with Crippen molar-refractivity contribution < 1.29 is 9.84 Å². The Balaban J connectivity index is 1.60. The van der Waals surface area contributed by atoms with Crippen LogP contribution < -0.4 is 5.32 Å². The molecule has 2 N–H and O–H groups in total. The zero-order chi connectivity index (χ0) is 16.8. The first kappa shape index (κ1) is 17.1. The van der Waals surface area contributed by atoms with Gasteiger partial charge in [0.2, 0.25) is 0 Å². The van der Waals surface area contributed by atoms with Crippen molar-refractivity contribution in [2.24, 2.45) is 0 Å². The first-order valence-corrected chi connectivity index (χ1v) is 8.38. The lowest BCUT2D eigenvalue weighted by Crippen LogP contribution is -2.50. The first-order valence-electron chi connectivity index (χ1n) is 8.38. The van der Waals surface area contributed by atoms with E-state index in [4.69, 9.17) is 4.74 Å². The number of imidazole rings is 1. The Morgan fingerprint density at radius 3 is 3.04 bits per heavy atom. The van der Waals surface area contributed by atoms with Crippen LogP contribution in [0, 0.1) is 0 Å². The van der Waals surface area contributed by atoms with Gasteiger partial charge < -0.3 is 19.7 Å². The van der Waals surface area contributed by atoms with Crippen molar-refractivity contribution in [2.75, 3.05) is 39.9 Å². The molecule has 3 rings (SSSR count). The number of nitrogens with one attached hydrogen (secondary N) is 1. The zero-order valence-electron chi connectivity index (χ0n) is 14.2. The molecular weight excluding hydrogens is 304 g/mol. The van der Waals surface area contributed by atoms with Gasteiger partial charge in [0.15, 0.2) is 0 Å². The number of likely N-dealkylation sites (N-methyl/N-ethyl adjacent to an activating group) is 1. The molecule has 130 valence electrons. The van der Waals surface area contributed by atoms with Crippen LogP contribution in [0.1, 0.15) is 11.4 Å². The molecule has 6 heteroatoms. The van der Waals surface area contributed by atoms with Crippen LogP contribution in [-0.2, 0) is 17.8 Å². The average molecular weight is 330 g/mol. The molecule has 0 amide bonds. The molecule has 1 atom stereocenters. The van der Waals surface area contributed by atoms with Crippen LogP contribution in [0.4, 0.5) is 0 Å². The van der Waals surface area contributed by atoms with E-state index in [1.807, 2.05) is 37.6 Å². The number of aromatic nitrogens is 2. The van der Waals surface area contributed by atoms with E-state index in [9.17, 15) is 5.11 Å². The van der Waals surface area contributed by atoms with Crippen molar-refractivity contribution in [1.29, 1.82) is 0 Å². The number of hydrogen-bond donors (Lipinski definition) is 2. The molecule has 1 aromatic heterocycles. The maximum absolute atomic E-state index is 10.7. The summed E-state index contributed by atoms with van der Waals surface area (Å²) in [5.41, 5.74) is 0.390. The van der Waals surface area contributed by atoms with E-state index in [1.165, 1.54) is 5.56 Å². The monoisotopic (exact) mass is 330 g/mol. The summed E-state index contributed by atoms with van der Waals surface area (Å²) in [4.78, 5) is 6.58. The van der Waals surface area contributed by atoms with Crippen LogP contribution in [0.15, 0.2) is 42.7 Å². The van der Waals surface area contributed by atoms with Gasteiger partial charge in [0, 0.05) is 38.6 Å². The Morgan fingerprint density at radius 2 is 2.21 bits per heavy atom. The van der Waals surface area contributed by atoms with Crippen molar-refractivity contribution in [1.82, 2.24) is 19.8 Å². The third-order valence-electron chi connectivity index (χ3n) is 4.22. The number of nitrogens with zero attached hydrogens (tertiary/aromatic N) is 3. The lowest BCUT2D eigenvalue weighted by Gasteiger charge is -2.30. The maximum Gasteiger partial charge on any atom is 0.123 e. The highest BCUT2D eigenvalue weighted by Crippen LogP contribution is 2.12. The lowest BCUT2D eigenvalue weighted by atomic mass is 10.1. The number of β-amino-alcohol motifs (C(OH)–C–C–N with tert-alkyl or cyclic N) is 1. The normalized spacial score (nSPS) is 21.8. The fourth-order valence-electron chi connectivity index (χ4n) is 3.10. The molecule has 24 heavy (non-hydrogen) atoms. The van der Waals surface area contributed by atoms with Gasteiger partial charge in [-0.25, -0.2) is 4.98 Å². The van der Waals surface area contributed by atoms with Crippen LogP contribution in [-0.4, -0.2) is 65.1 Å². The van der Waals surface area contributed by atoms with Gasteiger partial charge in [-0.05, 0) is 12.6 Å². The third-order valence-corrected chi connectivity index (χ3v) is 4.22. The Labute approximate surface area is 143 Å². The summed E-state index contributed by atoms with van der Waals surface area (Å²) in [6.07, 6.45) is 3.83. The molecule has 2 heterocycles. The molecule has 0 aliphatic carbocycles. The molecule has 0 spiro atoms. The molecular formula is C18H26N4O2. The van der Waals surface area contributed by atoms with Crippen LogP contribution in [0.2, 0.25) is 0 Å². The fraction of sp³-hybridized carbons (Fsp3) is 0.500. The molecule has 6 nitrogen and oxygen atoms in total. The van der Waals surface area contributed by atoms with Crippen LogP contribution in [0.3, 0.4) is 0 Å². The summed E-state index contributed by atoms with van der Waals surface area (Å²) in [5.74, 6) is 0.993. The van der Waals surface area contributed by atoms with Crippen LogP contribution in [0.5, 0.6) is 0 Å². The van der Waals surface area contributed by atoms with Crippen molar-refractivity contribution in [3.8, 4) is 0 Å². The van der Waals surface area contributed by atoms with Crippen LogP contribution in [0.25, 0.3) is 0 Å². The highest BCUT2D eigenvalue weighted by molar-refractivity contribution is 5.15. The molecule has 0 bridgehead atoms. The van der Waals surface area contributed by atoms with Crippen molar-refractivity contribution >= 4 is 0 Å². The summed E-state index contributed by atoms with van der Waals surface area (Å²) in [6, 6.07) is 10.4. The summed E-state index contributed by atoms with van der Waals surface area (Å²) in [5, 5.41) is 13.9. The zero-order valence-corrected chi connectivity index (χ0v) is 14.2. The second-order valence-corrected chi connectivity index (χ2v) is 6.58. The smallest absolute Gasteiger partial charge is 0.123 e. The number of rotatable bonds is 6. The summed E-state index contributed by atoms with van der Waals surface area (Å²) in [7, 11) is 2.00.